The summed E-state index contributed by atoms with van der Waals surface area (Å²) in [6, 6.07) is 6.13. The van der Waals surface area contributed by atoms with Crippen LogP contribution in [-0.2, 0) is 16.6 Å². The maximum absolute atomic E-state index is 11.4. The molecule has 0 saturated heterocycles. The van der Waals surface area contributed by atoms with Gasteiger partial charge >= 0.3 is 5.97 Å². The predicted molar refractivity (Wildman–Crippen MR) is 63.6 cm³/mol. The van der Waals surface area contributed by atoms with Crippen LogP contribution in [0.3, 0.4) is 0 Å². The molecule has 86 valence electrons. The molecule has 0 radical (unpaired) electrons. The molecule has 1 atom stereocenters. The average molecular weight is 218 g/mol. The molecule has 2 nitrogen and oxygen atoms in total. The van der Waals surface area contributed by atoms with E-state index in [1.807, 2.05) is 19.1 Å². The number of hydrogen-bond donors (Lipinski definition) is 0. The van der Waals surface area contributed by atoms with Gasteiger partial charge in [-0.2, -0.15) is 0 Å². The monoisotopic (exact) mass is 218 g/mol. The standard InChI is InChI=1S/C14H18O2/c1-9-7-10-8-11(14(2,3)4)5-6-12(10)16-13(9)15/h5-6,8-9H,7H2,1-4H3. The number of esters is 1. The number of benzene rings is 1. The Bertz CT molecular complexity index is 427. The fraction of sp³-hybridized carbons (Fsp3) is 0.500. The molecule has 2 heteroatoms. The van der Waals surface area contributed by atoms with E-state index in [9.17, 15) is 4.79 Å². The zero-order chi connectivity index (χ0) is 11.9. The molecule has 0 aromatic heterocycles. The van der Waals surface area contributed by atoms with Crippen molar-refractivity contribution in [3.05, 3.63) is 29.3 Å². The van der Waals surface area contributed by atoms with Crippen LogP contribution in [0.5, 0.6) is 5.75 Å². The predicted octanol–water partition coefficient (Wildman–Crippen LogP) is 3.08. The SMILES string of the molecule is CC1Cc2cc(C(C)(C)C)ccc2OC1=O. The summed E-state index contributed by atoms with van der Waals surface area (Å²) in [6.45, 7) is 8.47. The first kappa shape index (κ1) is 11.2. The molecule has 1 aliphatic heterocycles. The summed E-state index contributed by atoms with van der Waals surface area (Å²) in [5.41, 5.74) is 2.58. The van der Waals surface area contributed by atoms with Gasteiger partial charge in [0, 0.05) is 0 Å². The molecule has 1 unspecified atom stereocenters. The second-order valence-corrected chi connectivity index (χ2v) is 5.60. The molecule has 0 N–H and O–H groups in total. The summed E-state index contributed by atoms with van der Waals surface area (Å²) in [5, 5.41) is 0. The first-order valence-electron chi connectivity index (χ1n) is 5.73. The molecule has 1 aromatic carbocycles. The van der Waals surface area contributed by atoms with Gasteiger partial charge in [-0.25, -0.2) is 0 Å². The van der Waals surface area contributed by atoms with Gasteiger partial charge < -0.3 is 4.74 Å². The highest BCUT2D eigenvalue weighted by Crippen LogP contribution is 2.32. The molecule has 0 aliphatic carbocycles. The second-order valence-electron chi connectivity index (χ2n) is 5.60. The largest absolute Gasteiger partial charge is 0.426 e. The molecule has 0 fully saturated rings. The van der Waals surface area contributed by atoms with E-state index in [1.54, 1.807) is 0 Å². The van der Waals surface area contributed by atoms with E-state index in [-0.39, 0.29) is 17.3 Å². The van der Waals surface area contributed by atoms with E-state index in [1.165, 1.54) is 5.56 Å². The Labute approximate surface area is 96.6 Å². The van der Waals surface area contributed by atoms with Crippen LogP contribution in [0.15, 0.2) is 18.2 Å². The van der Waals surface area contributed by atoms with Crippen LogP contribution in [0, 0.1) is 5.92 Å². The van der Waals surface area contributed by atoms with E-state index in [0.717, 1.165) is 17.7 Å². The van der Waals surface area contributed by atoms with Gasteiger partial charge in [-0.3, -0.25) is 4.79 Å². The smallest absolute Gasteiger partial charge is 0.314 e. The highest BCUT2D eigenvalue weighted by Gasteiger charge is 2.26. The van der Waals surface area contributed by atoms with Crippen LogP contribution in [0.2, 0.25) is 0 Å². The molecular formula is C14H18O2. The lowest BCUT2D eigenvalue weighted by atomic mass is 9.84. The van der Waals surface area contributed by atoms with Crippen molar-refractivity contribution < 1.29 is 9.53 Å². The Morgan fingerprint density at radius 2 is 2.00 bits per heavy atom. The van der Waals surface area contributed by atoms with Gasteiger partial charge in [-0.15, -0.1) is 0 Å². The molecule has 0 saturated carbocycles. The van der Waals surface area contributed by atoms with Crippen LogP contribution >= 0.6 is 0 Å². The van der Waals surface area contributed by atoms with Crippen LogP contribution in [0.4, 0.5) is 0 Å². The molecule has 1 heterocycles. The number of rotatable bonds is 0. The van der Waals surface area contributed by atoms with Gasteiger partial charge in [0.15, 0.2) is 0 Å². The molecule has 1 aromatic rings. The number of carbonyl (C=O) groups is 1. The minimum absolute atomic E-state index is 0.0253. The summed E-state index contributed by atoms with van der Waals surface area (Å²) in [6.07, 6.45) is 0.790. The Hall–Kier alpha value is -1.31. The summed E-state index contributed by atoms with van der Waals surface area (Å²) >= 11 is 0. The van der Waals surface area contributed by atoms with Gasteiger partial charge in [-0.1, -0.05) is 39.8 Å². The van der Waals surface area contributed by atoms with E-state index < -0.39 is 0 Å². The Kier molecular flexibility index (Phi) is 2.53. The van der Waals surface area contributed by atoms with E-state index >= 15 is 0 Å². The molecular weight excluding hydrogens is 200 g/mol. The fourth-order valence-corrected chi connectivity index (χ4v) is 1.93. The van der Waals surface area contributed by atoms with Crippen LogP contribution < -0.4 is 4.74 Å². The third-order valence-corrected chi connectivity index (χ3v) is 3.07. The van der Waals surface area contributed by atoms with Crippen molar-refractivity contribution in [2.45, 2.75) is 39.5 Å². The average Bonchev–Trinajstić information content (AvgIpc) is 2.17. The summed E-state index contributed by atoms with van der Waals surface area (Å²) < 4.78 is 5.27. The van der Waals surface area contributed by atoms with Crippen LogP contribution in [0.1, 0.15) is 38.8 Å². The summed E-state index contributed by atoms with van der Waals surface area (Å²) in [4.78, 5) is 11.4. The summed E-state index contributed by atoms with van der Waals surface area (Å²) in [5.74, 6) is 0.592. The Morgan fingerprint density at radius 1 is 1.31 bits per heavy atom. The van der Waals surface area contributed by atoms with Gasteiger partial charge in [0.2, 0.25) is 0 Å². The zero-order valence-corrected chi connectivity index (χ0v) is 10.3. The topological polar surface area (TPSA) is 26.3 Å². The molecule has 0 bridgehead atoms. The highest BCUT2D eigenvalue weighted by atomic mass is 16.5. The summed E-state index contributed by atoms with van der Waals surface area (Å²) in [7, 11) is 0. The lowest BCUT2D eigenvalue weighted by Crippen LogP contribution is -2.25. The molecule has 0 spiro atoms. The van der Waals surface area contributed by atoms with Gasteiger partial charge in [0.05, 0.1) is 5.92 Å². The van der Waals surface area contributed by atoms with Crippen LogP contribution in [-0.4, -0.2) is 5.97 Å². The number of ether oxygens (including phenoxy) is 1. The third-order valence-electron chi connectivity index (χ3n) is 3.07. The van der Waals surface area contributed by atoms with Gasteiger partial charge in [0.25, 0.3) is 0 Å². The number of hydrogen-bond acceptors (Lipinski definition) is 2. The maximum Gasteiger partial charge on any atom is 0.314 e. The van der Waals surface area contributed by atoms with Crippen molar-refractivity contribution >= 4 is 5.97 Å². The molecule has 16 heavy (non-hydrogen) atoms. The zero-order valence-electron chi connectivity index (χ0n) is 10.3. The number of fused-ring (bicyclic) bond motifs is 1. The van der Waals surface area contributed by atoms with Gasteiger partial charge in [0.1, 0.15) is 5.75 Å². The van der Waals surface area contributed by atoms with Crippen molar-refractivity contribution in [3.63, 3.8) is 0 Å². The van der Waals surface area contributed by atoms with Crippen molar-refractivity contribution in [2.75, 3.05) is 0 Å². The lowest BCUT2D eigenvalue weighted by molar-refractivity contribution is -0.139. The minimum Gasteiger partial charge on any atom is -0.426 e. The van der Waals surface area contributed by atoms with E-state index in [0.29, 0.717) is 0 Å². The minimum atomic E-state index is -0.115. The first-order valence-corrected chi connectivity index (χ1v) is 5.73. The van der Waals surface area contributed by atoms with Gasteiger partial charge in [-0.05, 0) is 29.0 Å². The van der Waals surface area contributed by atoms with E-state index in [2.05, 4.69) is 26.8 Å². The number of carbonyl (C=O) groups excluding carboxylic acids is 1. The second kappa shape index (κ2) is 3.62. The molecule has 0 amide bonds. The quantitative estimate of drug-likeness (QED) is 0.494. The normalized spacial score (nSPS) is 20.2. The lowest BCUT2D eigenvalue weighted by Gasteiger charge is -2.25. The van der Waals surface area contributed by atoms with Crippen LogP contribution in [0.25, 0.3) is 0 Å². The molecule has 2 rings (SSSR count). The van der Waals surface area contributed by atoms with Crippen molar-refractivity contribution in [3.8, 4) is 5.75 Å². The fourth-order valence-electron chi connectivity index (χ4n) is 1.93. The van der Waals surface area contributed by atoms with E-state index in [4.69, 9.17) is 4.74 Å². The Balaban J connectivity index is 2.40. The Morgan fingerprint density at radius 3 is 2.62 bits per heavy atom. The third kappa shape index (κ3) is 1.97. The highest BCUT2D eigenvalue weighted by molar-refractivity contribution is 5.77. The maximum atomic E-state index is 11.4. The molecule has 1 aliphatic rings. The van der Waals surface area contributed by atoms with Crippen molar-refractivity contribution in [2.24, 2.45) is 5.92 Å². The van der Waals surface area contributed by atoms with Crippen molar-refractivity contribution in [1.29, 1.82) is 0 Å². The van der Waals surface area contributed by atoms with Crippen molar-refractivity contribution in [1.82, 2.24) is 0 Å². The first-order chi connectivity index (χ1) is 7.38.